The number of rotatable bonds is 8. The highest BCUT2D eigenvalue weighted by Gasteiger charge is 2.31. The Balaban J connectivity index is 1.67. The van der Waals surface area contributed by atoms with Gasteiger partial charge in [0.15, 0.2) is 0 Å². The van der Waals surface area contributed by atoms with E-state index in [0.29, 0.717) is 0 Å². The summed E-state index contributed by atoms with van der Waals surface area (Å²) in [6.07, 6.45) is -1.01. The number of alkyl carbamates (subject to hydrolysis) is 1. The summed E-state index contributed by atoms with van der Waals surface area (Å²) < 4.78 is 5.52. The highest BCUT2D eigenvalue weighted by molar-refractivity contribution is 5.86. The van der Waals surface area contributed by atoms with Gasteiger partial charge < -0.3 is 20.5 Å². The van der Waals surface area contributed by atoms with Crippen molar-refractivity contribution in [1.29, 1.82) is 0 Å². The topological polar surface area (TPSA) is 105 Å². The molecular weight excluding hydrogens is 420 g/mol. The lowest BCUT2D eigenvalue weighted by atomic mass is 9.88. The fourth-order valence-corrected chi connectivity index (χ4v) is 3.85. The second kappa shape index (κ2) is 10.1. The van der Waals surface area contributed by atoms with E-state index in [1.807, 2.05) is 64.1 Å². The first-order chi connectivity index (χ1) is 15.6. The van der Waals surface area contributed by atoms with Crippen LogP contribution in [0.15, 0.2) is 48.5 Å². The SMILES string of the molecule is CC(NC(=O)C(CCC(=O)O)NC(=O)OCC1c2ccccc2-c2ccccc21)C(C)(C)C. The maximum absolute atomic E-state index is 12.8. The first-order valence-electron chi connectivity index (χ1n) is 11.2. The van der Waals surface area contributed by atoms with Gasteiger partial charge >= 0.3 is 12.1 Å². The summed E-state index contributed by atoms with van der Waals surface area (Å²) in [6, 6.07) is 14.9. The minimum Gasteiger partial charge on any atom is -0.481 e. The number of carboxylic acids is 1. The Morgan fingerprint density at radius 3 is 2.03 bits per heavy atom. The van der Waals surface area contributed by atoms with E-state index in [1.165, 1.54) is 0 Å². The number of nitrogens with one attached hydrogen (secondary N) is 2. The predicted octanol–water partition coefficient (Wildman–Crippen LogP) is 4.31. The Morgan fingerprint density at radius 2 is 1.52 bits per heavy atom. The van der Waals surface area contributed by atoms with E-state index in [-0.39, 0.29) is 36.8 Å². The molecule has 0 heterocycles. The van der Waals surface area contributed by atoms with Gasteiger partial charge in [0.25, 0.3) is 0 Å². The van der Waals surface area contributed by atoms with Crippen LogP contribution in [0, 0.1) is 5.41 Å². The van der Waals surface area contributed by atoms with E-state index in [2.05, 4.69) is 22.8 Å². The molecule has 0 aromatic heterocycles. The highest BCUT2D eigenvalue weighted by Crippen LogP contribution is 2.44. The zero-order chi connectivity index (χ0) is 24.2. The first kappa shape index (κ1) is 24.3. The van der Waals surface area contributed by atoms with Gasteiger partial charge in [-0.25, -0.2) is 4.79 Å². The maximum Gasteiger partial charge on any atom is 0.407 e. The molecule has 2 aromatic carbocycles. The summed E-state index contributed by atoms with van der Waals surface area (Å²) in [5, 5.41) is 14.5. The Bertz CT molecular complexity index is 982. The third-order valence-electron chi connectivity index (χ3n) is 6.26. The molecule has 0 spiro atoms. The lowest BCUT2D eigenvalue weighted by molar-refractivity contribution is -0.137. The van der Waals surface area contributed by atoms with Crippen molar-refractivity contribution in [2.75, 3.05) is 6.61 Å². The summed E-state index contributed by atoms with van der Waals surface area (Å²) in [4.78, 5) is 36.4. The molecule has 0 saturated carbocycles. The van der Waals surface area contributed by atoms with Crippen molar-refractivity contribution >= 4 is 18.0 Å². The summed E-state index contributed by atoms with van der Waals surface area (Å²) in [5.41, 5.74) is 4.24. The number of fused-ring (bicyclic) bond motifs is 3. The molecule has 33 heavy (non-hydrogen) atoms. The normalized spacial score (nSPS) is 14.5. The zero-order valence-corrected chi connectivity index (χ0v) is 19.6. The van der Waals surface area contributed by atoms with Crippen molar-refractivity contribution in [2.24, 2.45) is 5.41 Å². The van der Waals surface area contributed by atoms with Crippen LogP contribution in [0.2, 0.25) is 0 Å². The molecule has 0 bridgehead atoms. The largest absolute Gasteiger partial charge is 0.481 e. The van der Waals surface area contributed by atoms with Gasteiger partial charge in [-0.1, -0.05) is 69.3 Å². The molecule has 0 fully saturated rings. The number of carbonyl (C=O) groups is 3. The molecule has 1 aliphatic carbocycles. The number of benzene rings is 2. The number of aliphatic carboxylic acids is 1. The third kappa shape index (κ3) is 5.92. The molecule has 0 aliphatic heterocycles. The van der Waals surface area contributed by atoms with Crippen LogP contribution in [0.1, 0.15) is 57.6 Å². The smallest absolute Gasteiger partial charge is 0.407 e. The van der Waals surface area contributed by atoms with E-state index in [9.17, 15) is 14.4 Å². The number of ether oxygens (including phenoxy) is 1. The first-order valence-corrected chi connectivity index (χ1v) is 11.2. The molecule has 0 radical (unpaired) electrons. The molecule has 7 heteroatoms. The van der Waals surface area contributed by atoms with E-state index >= 15 is 0 Å². The van der Waals surface area contributed by atoms with Gasteiger partial charge in [0.05, 0.1) is 0 Å². The van der Waals surface area contributed by atoms with Crippen molar-refractivity contribution in [3.63, 3.8) is 0 Å². The molecule has 2 unspecified atom stereocenters. The summed E-state index contributed by atoms with van der Waals surface area (Å²) in [7, 11) is 0. The van der Waals surface area contributed by atoms with Crippen molar-refractivity contribution in [3.05, 3.63) is 59.7 Å². The van der Waals surface area contributed by atoms with Crippen LogP contribution in [0.4, 0.5) is 4.79 Å². The number of hydrogen-bond donors (Lipinski definition) is 3. The second-order valence-corrected chi connectivity index (χ2v) is 9.55. The zero-order valence-electron chi connectivity index (χ0n) is 19.6. The third-order valence-corrected chi connectivity index (χ3v) is 6.26. The van der Waals surface area contributed by atoms with Crippen LogP contribution in [0.5, 0.6) is 0 Å². The van der Waals surface area contributed by atoms with Crippen LogP contribution in [-0.4, -0.2) is 41.8 Å². The fraction of sp³-hybridized carbons (Fsp3) is 0.423. The standard InChI is InChI=1S/C26H32N2O5/c1-16(26(2,3)4)27-24(31)22(13-14-23(29)30)28-25(32)33-15-21-19-11-7-5-9-17(19)18-10-6-8-12-20(18)21/h5-12,16,21-22H,13-15H2,1-4H3,(H,27,31)(H,28,32)(H,29,30). The lowest BCUT2D eigenvalue weighted by Crippen LogP contribution is -2.52. The second-order valence-electron chi connectivity index (χ2n) is 9.55. The molecule has 3 N–H and O–H groups in total. The van der Waals surface area contributed by atoms with E-state index in [0.717, 1.165) is 22.3 Å². The molecule has 0 saturated heterocycles. The van der Waals surface area contributed by atoms with Crippen molar-refractivity contribution in [3.8, 4) is 11.1 Å². The van der Waals surface area contributed by atoms with Gasteiger partial charge in [-0.05, 0) is 41.0 Å². The van der Waals surface area contributed by atoms with E-state index in [1.54, 1.807) is 0 Å². The average molecular weight is 453 g/mol. The summed E-state index contributed by atoms with van der Waals surface area (Å²) in [6.45, 7) is 7.96. The molecule has 2 aromatic rings. The number of carbonyl (C=O) groups excluding carboxylic acids is 2. The lowest BCUT2D eigenvalue weighted by Gasteiger charge is -2.30. The summed E-state index contributed by atoms with van der Waals surface area (Å²) >= 11 is 0. The maximum atomic E-state index is 12.8. The molecule has 2 amide bonds. The highest BCUT2D eigenvalue weighted by atomic mass is 16.5. The quantitative estimate of drug-likeness (QED) is 0.554. The van der Waals surface area contributed by atoms with Gasteiger partial charge in [-0.15, -0.1) is 0 Å². The number of hydrogen-bond acceptors (Lipinski definition) is 4. The molecule has 3 rings (SSSR count). The van der Waals surface area contributed by atoms with E-state index < -0.39 is 24.0 Å². The monoisotopic (exact) mass is 452 g/mol. The van der Waals surface area contributed by atoms with Crippen LogP contribution < -0.4 is 10.6 Å². The summed E-state index contributed by atoms with van der Waals surface area (Å²) in [5.74, 6) is -1.56. The molecule has 1 aliphatic rings. The minimum atomic E-state index is -1.04. The van der Waals surface area contributed by atoms with Crippen molar-refractivity contribution in [1.82, 2.24) is 10.6 Å². The molecule has 7 nitrogen and oxygen atoms in total. The number of amides is 2. The van der Waals surface area contributed by atoms with Gasteiger partial charge in [-0.2, -0.15) is 0 Å². The van der Waals surface area contributed by atoms with Gasteiger partial charge in [0.1, 0.15) is 12.6 Å². The molecular formula is C26H32N2O5. The Morgan fingerprint density at radius 1 is 0.970 bits per heavy atom. The Kier molecular flexibility index (Phi) is 7.41. The Hall–Kier alpha value is -3.35. The molecule has 176 valence electrons. The minimum absolute atomic E-state index is 0.0256. The van der Waals surface area contributed by atoms with Gasteiger partial charge in [-0.3, -0.25) is 9.59 Å². The van der Waals surface area contributed by atoms with Crippen LogP contribution in [0.25, 0.3) is 11.1 Å². The predicted molar refractivity (Wildman–Crippen MR) is 126 cm³/mol. The fourth-order valence-electron chi connectivity index (χ4n) is 3.85. The van der Waals surface area contributed by atoms with Crippen LogP contribution in [-0.2, 0) is 14.3 Å². The van der Waals surface area contributed by atoms with Crippen molar-refractivity contribution in [2.45, 2.75) is 58.5 Å². The van der Waals surface area contributed by atoms with Crippen LogP contribution in [0.3, 0.4) is 0 Å². The van der Waals surface area contributed by atoms with Gasteiger partial charge in [0, 0.05) is 18.4 Å². The van der Waals surface area contributed by atoms with Crippen molar-refractivity contribution < 1.29 is 24.2 Å². The number of carboxylic acid groups (broad SMARTS) is 1. The van der Waals surface area contributed by atoms with Gasteiger partial charge in [0.2, 0.25) is 5.91 Å². The van der Waals surface area contributed by atoms with Crippen LogP contribution >= 0.6 is 0 Å². The average Bonchev–Trinajstić information content (AvgIpc) is 3.08. The molecule has 2 atom stereocenters. The van der Waals surface area contributed by atoms with E-state index in [4.69, 9.17) is 9.84 Å². The Labute approximate surface area is 194 Å².